The van der Waals surface area contributed by atoms with Gasteiger partial charge in [-0.05, 0) is 0 Å². The molecule has 0 aliphatic carbocycles. The number of ketones is 2. The van der Waals surface area contributed by atoms with Crippen LogP contribution in [-0.2, 0) is 16.0 Å². The predicted octanol–water partition coefficient (Wildman–Crippen LogP) is 1.79. The topological polar surface area (TPSA) is 127 Å². The molecule has 1 aromatic rings. The quantitative estimate of drug-likeness (QED) is 0.650. The van der Waals surface area contributed by atoms with E-state index in [1.807, 2.05) is 40.0 Å². The third-order valence-corrected chi connectivity index (χ3v) is 4.01. The molecule has 0 fully saturated rings. The van der Waals surface area contributed by atoms with Crippen molar-refractivity contribution in [3.8, 4) is 0 Å². The molecule has 26 heavy (non-hydrogen) atoms. The van der Waals surface area contributed by atoms with Crippen molar-refractivity contribution in [2.45, 2.75) is 59.0 Å². The number of nitrogens with one attached hydrogen (secondary N) is 1. The minimum atomic E-state index is -0.416. The van der Waals surface area contributed by atoms with Crippen molar-refractivity contribution in [3.63, 3.8) is 0 Å². The van der Waals surface area contributed by atoms with Crippen molar-refractivity contribution >= 4 is 17.8 Å². The van der Waals surface area contributed by atoms with E-state index < -0.39 is 6.04 Å². The van der Waals surface area contributed by atoms with E-state index in [1.54, 1.807) is 12.5 Å². The molecule has 0 radical (unpaired) electrons. The predicted molar refractivity (Wildman–Crippen MR) is 104 cm³/mol. The number of Topliss-reactive ketones (excluding diaryl/α,β-unsaturated/α-hetero) is 2. The van der Waals surface area contributed by atoms with Gasteiger partial charge in [0.05, 0.1) is 18.4 Å². The first kappa shape index (κ1) is 21.9. The molecule has 144 valence electrons. The van der Waals surface area contributed by atoms with E-state index in [0.717, 1.165) is 17.8 Å². The van der Waals surface area contributed by atoms with Crippen LogP contribution < -0.4 is 11.5 Å². The lowest BCUT2D eigenvalue weighted by molar-refractivity contribution is -0.123. The number of hydrogen-bond donors (Lipinski definition) is 3. The number of carbonyl (C=O) groups excluding carboxylic acids is 2. The summed E-state index contributed by atoms with van der Waals surface area (Å²) in [6.07, 6.45) is 9.10. The number of aromatic amines is 1. The molecule has 0 amide bonds. The zero-order chi connectivity index (χ0) is 19.7. The van der Waals surface area contributed by atoms with Gasteiger partial charge in [0.15, 0.2) is 11.6 Å². The van der Waals surface area contributed by atoms with Crippen LogP contribution in [0, 0.1) is 11.8 Å². The molecule has 0 saturated carbocycles. The molecule has 5 N–H and O–H groups in total. The van der Waals surface area contributed by atoms with E-state index in [0.29, 0.717) is 12.8 Å². The second-order valence-corrected chi connectivity index (χ2v) is 7.06. The highest BCUT2D eigenvalue weighted by Crippen LogP contribution is 2.13. The van der Waals surface area contributed by atoms with Gasteiger partial charge in [0.1, 0.15) is 0 Å². The van der Waals surface area contributed by atoms with Gasteiger partial charge in [-0.25, -0.2) is 4.98 Å². The summed E-state index contributed by atoms with van der Waals surface area (Å²) in [4.78, 5) is 33.7. The third kappa shape index (κ3) is 7.41. The maximum absolute atomic E-state index is 11.4. The fourth-order valence-corrected chi connectivity index (χ4v) is 2.46. The molecule has 7 heteroatoms. The molecule has 2 rings (SSSR count). The Morgan fingerprint density at radius 2 is 1.65 bits per heavy atom. The third-order valence-electron chi connectivity index (χ3n) is 4.01. The lowest BCUT2D eigenvalue weighted by Crippen LogP contribution is -2.35. The summed E-state index contributed by atoms with van der Waals surface area (Å²) in [7, 11) is 0. The van der Waals surface area contributed by atoms with Gasteiger partial charge in [0.2, 0.25) is 0 Å². The highest BCUT2D eigenvalue weighted by atomic mass is 16.1. The summed E-state index contributed by atoms with van der Waals surface area (Å²) in [5.74, 6) is 0.219. The Kier molecular flexibility index (Phi) is 9.09. The Hall–Kier alpha value is -2.12. The van der Waals surface area contributed by atoms with Crippen molar-refractivity contribution in [3.05, 3.63) is 30.0 Å². The standard InChI is InChI=1S/C10H16N2O.C9H15N3O/c1-7(2)10(13)9(11)6-8-4-3-5-12-8;1-6(2)9(13)8(10)3-7-4-11-5-12-7/h4-5,7,9H,3,6,11H2,1-2H3;4-6,8H,3,10H2,1-2H3,(H,11,12)/t9-;8-/m10/s1. The molecule has 1 aliphatic rings. The molecular formula is C19H31N5O2. The average molecular weight is 361 g/mol. The summed E-state index contributed by atoms with van der Waals surface area (Å²) in [6.45, 7) is 7.45. The highest BCUT2D eigenvalue weighted by molar-refractivity contribution is 5.86. The Balaban J connectivity index is 0.000000260. The molecule has 0 saturated heterocycles. The second-order valence-electron chi connectivity index (χ2n) is 7.06. The Morgan fingerprint density at radius 3 is 2.08 bits per heavy atom. The molecule has 1 aromatic heterocycles. The van der Waals surface area contributed by atoms with Crippen molar-refractivity contribution in [2.24, 2.45) is 28.3 Å². The Bertz CT molecular complexity index is 632. The molecule has 0 unspecified atom stereocenters. The summed E-state index contributed by atoms with van der Waals surface area (Å²) in [5.41, 5.74) is 13.3. The maximum Gasteiger partial charge on any atom is 0.152 e. The highest BCUT2D eigenvalue weighted by Gasteiger charge is 2.18. The van der Waals surface area contributed by atoms with Crippen molar-refractivity contribution in [2.75, 3.05) is 0 Å². The van der Waals surface area contributed by atoms with Crippen LogP contribution in [0.1, 0.15) is 46.2 Å². The van der Waals surface area contributed by atoms with Crippen LogP contribution in [0.3, 0.4) is 0 Å². The number of H-pyrrole nitrogens is 1. The molecule has 2 atom stereocenters. The van der Waals surface area contributed by atoms with Crippen LogP contribution in [0.25, 0.3) is 0 Å². The summed E-state index contributed by atoms with van der Waals surface area (Å²) in [6, 6.07) is -0.804. The molecule has 7 nitrogen and oxygen atoms in total. The minimum absolute atomic E-state index is 0.00192. The van der Waals surface area contributed by atoms with Gasteiger partial charge < -0.3 is 16.5 Å². The number of carbonyl (C=O) groups is 2. The number of allylic oxidation sites excluding steroid dienone is 1. The summed E-state index contributed by atoms with van der Waals surface area (Å²) < 4.78 is 0. The van der Waals surface area contributed by atoms with E-state index >= 15 is 0 Å². The van der Waals surface area contributed by atoms with Gasteiger partial charge in [-0.15, -0.1) is 0 Å². The fourth-order valence-electron chi connectivity index (χ4n) is 2.46. The first-order valence-corrected chi connectivity index (χ1v) is 8.99. The molecule has 2 heterocycles. The first-order chi connectivity index (χ1) is 12.2. The van der Waals surface area contributed by atoms with Gasteiger partial charge in [-0.2, -0.15) is 0 Å². The van der Waals surface area contributed by atoms with Gasteiger partial charge in [-0.1, -0.05) is 33.8 Å². The van der Waals surface area contributed by atoms with E-state index in [9.17, 15) is 9.59 Å². The van der Waals surface area contributed by atoms with Crippen LogP contribution in [0.15, 0.2) is 29.3 Å². The number of nitrogens with two attached hydrogens (primary N) is 2. The van der Waals surface area contributed by atoms with Crippen LogP contribution in [0.5, 0.6) is 0 Å². The number of imidazole rings is 1. The lowest BCUT2D eigenvalue weighted by Gasteiger charge is -2.11. The number of aromatic nitrogens is 2. The molecule has 0 spiro atoms. The molecule has 0 aromatic carbocycles. The zero-order valence-corrected chi connectivity index (χ0v) is 16.1. The van der Waals surface area contributed by atoms with Crippen LogP contribution in [0.4, 0.5) is 0 Å². The molecule has 0 bridgehead atoms. The van der Waals surface area contributed by atoms with Gasteiger partial charge in [-0.3, -0.25) is 14.6 Å². The SMILES string of the molecule is CC(C)C(=O)[C@@H](N)Cc1cnc[nH]1.CC(C)C(=O)[C@H](N)CC1=CCC=N1. The van der Waals surface area contributed by atoms with Gasteiger partial charge in [0.25, 0.3) is 0 Å². The number of aliphatic imine (C=N–C) groups is 1. The van der Waals surface area contributed by atoms with Crippen molar-refractivity contribution < 1.29 is 9.59 Å². The zero-order valence-electron chi connectivity index (χ0n) is 16.1. The monoisotopic (exact) mass is 361 g/mol. The van der Waals surface area contributed by atoms with E-state index in [1.165, 1.54) is 0 Å². The largest absolute Gasteiger partial charge is 0.348 e. The molecular weight excluding hydrogens is 330 g/mol. The first-order valence-electron chi connectivity index (χ1n) is 8.99. The van der Waals surface area contributed by atoms with Gasteiger partial charge in [0, 0.05) is 54.9 Å². The fraction of sp³-hybridized carbons (Fsp3) is 0.579. The molecule has 1 aliphatic heterocycles. The van der Waals surface area contributed by atoms with Crippen LogP contribution in [-0.4, -0.2) is 39.8 Å². The normalized spacial score (nSPS) is 15.5. The average Bonchev–Trinajstić information content (AvgIpc) is 3.27. The van der Waals surface area contributed by atoms with Gasteiger partial charge >= 0.3 is 0 Å². The van der Waals surface area contributed by atoms with Crippen molar-refractivity contribution in [1.82, 2.24) is 9.97 Å². The number of rotatable bonds is 8. The number of hydrogen-bond acceptors (Lipinski definition) is 6. The second kappa shape index (κ2) is 10.8. The smallest absolute Gasteiger partial charge is 0.152 e. The van der Waals surface area contributed by atoms with E-state index in [-0.39, 0.29) is 29.4 Å². The van der Waals surface area contributed by atoms with E-state index in [4.69, 9.17) is 11.5 Å². The Labute approximate surface area is 155 Å². The van der Waals surface area contributed by atoms with Crippen molar-refractivity contribution in [1.29, 1.82) is 0 Å². The Morgan fingerprint density at radius 1 is 1.08 bits per heavy atom. The van der Waals surface area contributed by atoms with E-state index in [2.05, 4.69) is 15.0 Å². The minimum Gasteiger partial charge on any atom is -0.348 e. The maximum atomic E-state index is 11.4. The number of nitrogens with zero attached hydrogens (tertiary/aromatic N) is 2. The lowest BCUT2D eigenvalue weighted by atomic mass is 9.99. The summed E-state index contributed by atoms with van der Waals surface area (Å²) >= 11 is 0. The van der Waals surface area contributed by atoms with Crippen LogP contribution in [0.2, 0.25) is 0 Å². The van der Waals surface area contributed by atoms with Crippen LogP contribution >= 0.6 is 0 Å². The summed E-state index contributed by atoms with van der Waals surface area (Å²) in [5, 5.41) is 0.